The van der Waals surface area contributed by atoms with Crippen LogP contribution in [0.5, 0.6) is 0 Å². The molecular formula is C10H12O. The molecule has 1 N–H and O–H groups in total. The monoisotopic (exact) mass is 148 g/mol. The number of hydrogen-bond donors (Lipinski definition) is 1. The van der Waals surface area contributed by atoms with Crippen molar-refractivity contribution in [1.29, 1.82) is 0 Å². The summed E-state index contributed by atoms with van der Waals surface area (Å²) >= 11 is 0. The summed E-state index contributed by atoms with van der Waals surface area (Å²) in [7, 11) is 0. The van der Waals surface area contributed by atoms with E-state index in [1.165, 1.54) is 6.42 Å². The van der Waals surface area contributed by atoms with Gasteiger partial charge >= 0.3 is 0 Å². The SMILES string of the molecule is C#CC1(O)C(=C)C2CCC1C2. The Morgan fingerprint density at radius 1 is 1.64 bits per heavy atom. The minimum Gasteiger partial charge on any atom is -0.373 e. The molecule has 0 heterocycles. The van der Waals surface area contributed by atoms with E-state index in [0.29, 0.717) is 11.8 Å². The molecule has 0 saturated heterocycles. The molecule has 2 aliphatic carbocycles. The summed E-state index contributed by atoms with van der Waals surface area (Å²) in [5.41, 5.74) is -0.0700. The van der Waals surface area contributed by atoms with Crippen LogP contribution in [0.2, 0.25) is 0 Å². The summed E-state index contributed by atoms with van der Waals surface area (Å²) < 4.78 is 0. The van der Waals surface area contributed by atoms with Crippen LogP contribution in [0.4, 0.5) is 0 Å². The molecule has 2 aliphatic rings. The third-order valence-corrected chi connectivity index (χ3v) is 3.23. The average Bonchev–Trinajstić information content (AvgIpc) is 2.56. The van der Waals surface area contributed by atoms with Gasteiger partial charge in [-0.25, -0.2) is 0 Å². The van der Waals surface area contributed by atoms with E-state index in [9.17, 15) is 5.11 Å². The second kappa shape index (κ2) is 1.89. The summed E-state index contributed by atoms with van der Waals surface area (Å²) in [5, 5.41) is 9.92. The summed E-state index contributed by atoms with van der Waals surface area (Å²) in [5.74, 6) is 3.27. The standard InChI is InChI=1S/C10H12O/c1-3-10(11)7(2)8-4-5-9(10)6-8/h1,8-9,11H,2,4-6H2. The number of fused-ring (bicyclic) bond motifs is 2. The van der Waals surface area contributed by atoms with Crippen molar-refractivity contribution in [3.63, 3.8) is 0 Å². The zero-order chi connectivity index (χ0) is 8.06. The molecule has 2 fully saturated rings. The summed E-state index contributed by atoms with van der Waals surface area (Å²) in [6, 6.07) is 0. The van der Waals surface area contributed by atoms with Crippen LogP contribution in [0.1, 0.15) is 19.3 Å². The Kier molecular flexibility index (Phi) is 1.20. The maximum absolute atomic E-state index is 9.92. The Morgan fingerprint density at radius 3 is 2.73 bits per heavy atom. The van der Waals surface area contributed by atoms with Crippen molar-refractivity contribution in [2.75, 3.05) is 0 Å². The lowest BCUT2D eigenvalue weighted by Crippen LogP contribution is -2.34. The highest BCUT2D eigenvalue weighted by atomic mass is 16.3. The first-order valence-electron chi connectivity index (χ1n) is 4.08. The van der Waals surface area contributed by atoms with Gasteiger partial charge in [0.1, 0.15) is 5.60 Å². The maximum Gasteiger partial charge on any atom is 0.149 e. The van der Waals surface area contributed by atoms with Gasteiger partial charge in [-0.3, -0.25) is 0 Å². The lowest BCUT2D eigenvalue weighted by molar-refractivity contribution is 0.0856. The Morgan fingerprint density at radius 2 is 2.36 bits per heavy atom. The number of terminal acetylenes is 1. The molecule has 2 bridgehead atoms. The number of rotatable bonds is 0. The Bertz CT molecular complexity index is 248. The maximum atomic E-state index is 9.92. The molecule has 1 nitrogen and oxygen atoms in total. The smallest absolute Gasteiger partial charge is 0.149 e. The molecule has 2 rings (SSSR count). The molecule has 3 unspecified atom stereocenters. The van der Waals surface area contributed by atoms with Crippen LogP contribution in [-0.2, 0) is 0 Å². The van der Waals surface area contributed by atoms with Crippen LogP contribution in [-0.4, -0.2) is 10.7 Å². The van der Waals surface area contributed by atoms with E-state index in [1.807, 2.05) is 0 Å². The van der Waals surface area contributed by atoms with E-state index in [1.54, 1.807) is 0 Å². The molecule has 1 heteroatoms. The average molecular weight is 148 g/mol. The first-order chi connectivity index (χ1) is 5.18. The van der Waals surface area contributed by atoms with E-state index in [4.69, 9.17) is 6.42 Å². The lowest BCUT2D eigenvalue weighted by Gasteiger charge is -2.28. The van der Waals surface area contributed by atoms with Gasteiger partial charge in [0.25, 0.3) is 0 Å². The normalized spacial score (nSPS) is 47.8. The highest BCUT2D eigenvalue weighted by molar-refractivity contribution is 5.37. The highest BCUT2D eigenvalue weighted by Gasteiger charge is 2.51. The molecule has 0 aromatic heterocycles. The van der Waals surface area contributed by atoms with Gasteiger partial charge in [0.05, 0.1) is 0 Å². The third kappa shape index (κ3) is 0.657. The van der Waals surface area contributed by atoms with E-state index in [2.05, 4.69) is 12.5 Å². The fraction of sp³-hybridized carbons (Fsp3) is 0.600. The largest absolute Gasteiger partial charge is 0.373 e. The molecule has 0 aromatic rings. The van der Waals surface area contributed by atoms with Gasteiger partial charge in [-0.15, -0.1) is 6.42 Å². The van der Waals surface area contributed by atoms with E-state index in [-0.39, 0.29) is 0 Å². The van der Waals surface area contributed by atoms with Gasteiger partial charge in [-0.1, -0.05) is 12.5 Å². The Balaban J connectivity index is 2.39. The topological polar surface area (TPSA) is 20.2 Å². The molecule has 58 valence electrons. The Labute approximate surface area is 67.1 Å². The molecule has 11 heavy (non-hydrogen) atoms. The van der Waals surface area contributed by atoms with Crippen molar-refractivity contribution in [2.45, 2.75) is 24.9 Å². The van der Waals surface area contributed by atoms with Crippen LogP contribution >= 0.6 is 0 Å². The van der Waals surface area contributed by atoms with Crippen molar-refractivity contribution in [2.24, 2.45) is 11.8 Å². The second-order valence-corrected chi connectivity index (χ2v) is 3.64. The van der Waals surface area contributed by atoms with Gasteiger partial charge in [0.2, 0.25) is 0 Å². The van der Waals surface area contributed by atoms with Gasteiger partial charge in [0, 0.05) is 5.92 Å². The molecule has 0 amide bonds. The summed E-state index contributed by atoms with van der Waals surface area (Å²) in [4.78, 5) is 0. The quantitative estimate of drug-likeness (QED) is 0.406. The third-order valence-electron chi connectivity index (χ3n) is 3.23. The zero-order valence-corrected chi connectivity index (χ0v) is 6.51. The predicted octanol–water partition coefficient (Wildman–Crippen LogP) is 1.34. The second-order valence-electron chi connectivity index (χ2n) is 3.64. The van der Waals surface area contributed by atoms with E-state index < -0.39 is 5.60 Å². The van der Waals surface area contributed by atoms with Crippen molar-refractivity contribution in [1.82, 2.24) is 0 Å². The van der Waals surface area contributed by atoms with Crippen molar-refractivity contribution >= 4 is 0 Å². The number of aliphatic hydroxyl groups is 1. The fourth-order valence-electron chi connectivity index (χ4n) is 2.46. The molecule has 3 atom stereocenters. The van der Waals surface area contributed by atoms with Crippen LogP contribution < -0.4 is 0 Å². The first-order valence-corrected chi connectivity index (χ1v) is 4.08. The van der Waals surface area contributed by atoms with Crippen LogP contribution in [0.15, 0.2) is 12.2 Å². The van der Waals surface area contributed by atoms with Crippen LogP contribution in [0.3, 0.4) is 0 Å². The van der Waals surface area contributed by atoms with Gasteiger partial charge in [-0.05, 0) is 30.8 Å². The molecule has 0 aromatic carbocycles. The Hall–Kier alpha value is -0.740. The summed E-state index contributed by atoms with van der Waals surface area (Å²) in [6.45, 7) is 3.87. The highest BCUT2D eigenvalue weighted by Crippen LogP contribution is 2.53. The predicted molar refractivity (Wildman–Crippen MR) is 43.8 cm³/mol. The van der Waals surface area contributed by atoms with Crippen LogP contribution in [0.25, 0.3) is 0 Å². The van der Waals surface area contributed by atoms with Crippen molar-refractivity contribution < 1.29 is 5.11 Å². The lowest BCUT2D eigenvalue weighted by atomic mass is 9.81. The van der Waals surface area contributed by atoms with E-state index >= 15 is 0 Å². The van der Waals surface area contributed by atoms with Gasteiger partial charge in [-0.2, -0.15) is 0 Å². The fourth-order valence-corrected chi connectivity index (χ4v) is 2.46. The zero-order valence-electron chi connectivity index (χ0n) is 6.51. The molecule has 2 saturated carbocycles. The van der Waals surface area contributed by atoms with E-state index in [0.717, 1.165) is 18.4 Å². The molecule has 0 radical (unpaired) electrons. The molecule has 0 aliphatic heterocycles. The van der Waals surface area contributed by atoms with Gasteiger partial charge in [0.15, 0.2) is 0 Å². The summed E-state index contributed by atoms with van der Waals surface area (Å²) in [6.07, 6.45) is 8.59. The molecule has 0 spiro atoms. The minimum absolute atomic E-state index is 0.296. The minimum atomic E-state index is -0.955. The first kappa shape index (κ1) is 6.94. The van der Waals surface area contributed by atoms with Gasteiger partial charge < -0.3 is 5.11 Å². The number of hydrogen-bond acceptors (Lipinski definition) is 1. The molecular weight excluding hydrogens is 136 g/mol. The van der Waals surface area contributed by atoms with Crippen molar-refractivity contribution in [3.05, 3.63) is 12.2 Å². The van der Waals surface area contributed by atoms with Crippen LogP contribution in [0, 0.1) is 24.2 Å². The van der Waals surface area contributed by atoms with Crippen molar-refractivity contribution in [3.8, 4) is 12.3 Å².